The van der Waals surface area contributed by atoms with Gasteiger partial charge in [0.25, 0.3) is 5.89 Å². The van der Waals surface area contributed by atoms with E-state index in [-0.39, 0.29) is 17.1 Å². The van der Waals surface area contributed by atoms with E-state index in [4.69, 9.17) is 10.3 Å². The van der Waals surface area contributed by atoms with Crippen molar-refractivity contribution >= 4 is 5.69 Å². The molecule has 0 saturated heterocycles. The summed E-state index contributed by atoms with van der Waals surface area (Å²) in [4.78, 5) is 4.14. The molecule has 1 aromatic heterocycles. The molecule has 0 amide bonds. The lowest BCUT2D eigenvalue weighted by molar-refractivity contribution is 0.431. The molecule has 0 radical (unpaired) electrons. The van der Waals surface area contributed by atoms with Crippen LogP contribution in [-0.2, 0) is 0 Å². The van der Waals surface area contributed by atoms with E-state index in [9.17, 15) is 8.78 Å². The van der Waals surface area contributed by atoms with Gasteiger partial charge < -0.3 is 10.3 Å². The zero-order valence-electron chi connectivity index (χ0n) is 10.2. The molecule has 6 heteroatoms. The molecule has 3 aromatic rings. The number of nitrogens with zero attached hydrogens (tertiary/aromatic N) is 2. The molecule has 0 atom stereocenters. The average Bonchev–Trinajstić information content (AvgIpc) is 2.93. The SMILES string of the molecule is Nc1cc(F)c(F)cc1-c1nc(-c2ccccc2)no1. The van der Waals surface area contributed by atoms with E-state index >= 15 is 0 Å². The fraction of sp³-hybridized carbons (Fsp3) is 0. The van der Waals surface area contributed by atoms with Crippen LogP contribution < -0.4 is 5.73 Å². The molecule has 0 spiro atoms. The molecule has 2 aromatic carbocycles. The quantitative estimate of drug-likeness (QED) is 0.728. The molecule has 4 nitrogen and oxygen atoms in total. The van der Waals surface area contributed by atoms with Crippen molar-refractivity contribution in [3.05, 3.63) is 54.1 Å². The molecule has 20 heavy (non-hydrogen) atoms. The summed E-state index contributed by atoms with van der Waals surface area (Å²) in [5, 5.41) is 3.80. The van der Waals surface area contributed by atoms with Crippen molar-refractivity contribution in [3.8, 4) is 22.8 Å². The van der Waals surface area contributed by atoms with Crippen LogP contribution in [0.3, 0.4) is 0 Å². The molecular weight excluding hydrogens is 264 g/mol. The second kappa shape index (κ2) is 4.73. The smallest absolute Gasteiger partial charge is 0.260 e. The molecule has 100 valence electrons. The number of aromatic nitrogens is 2. The van der Waals surface area contributed by atoms with Gasteiger partial charge in [-0.2, -0.15) is 4.98 Å². The lowest BCUT2D eigenvalue weighted by Gasteiger charge is -2.01. The van der Waals surface area contributed by atoms with Crippen LogP contribution >= 0.6 is 0 Å². The molecular formula is C14H9F2N3O. The van der Waals surface area contributed by atoms with Crippen LogP contribution in [0.5, 0.6) is 0 Å². The van der Waals surface area contributed by atoms with Gasteiger partial charge in [-0.25, -0.2) is 8.78 Å². The summed E-state index contributed by atoms with van der Waals surface area (Å²) >= 11 is 0. The zero-order valence-corrected chi connectivity index (χ0v) is 10.2. The van der Waals surface area contributed by atoms with Crippen molar-refractivity contribution in [1.29, 1.82) is 0 Å². The summed E-state index contributed by atoms with van der Waals surface area (Å²) in [7, 11) is 0. The van der Waals surface area contributed by atoms with E-state index in [1.165, 1.54) is 0 Å². The van der Waals surface area contributed by atoms with Gasteiger partial charge in [0, 0.05) is 17.3 Å². The molecule has 0 aliphatic carbocycles. The molecule has 0 fully saturated rings. The number of halogens is 2. The molecule has 0 aliphatic heterocycles. The molecule has 3 rings (SSSR count). The Hall–Kier alpha value is -2.76. The van der Waals surface area contributed by atoms with E-state index in [0.717, 1.165) is 17.7 Å². The van der Waals surface area contributed by atoms with Gasteiger partial charge in [-0.3, -0.25) is 0 Å². The first-order valence-electron chi connectivity index (χ1n) is 5.79. The number of hydrogen-bond donors (Lipinski definition) is 1. The predicted molar refractivity (Wildman–Crippen MR) is 69.5 cm³/mol. The van der Waals surface area contributed by atoms with Crippen LogP contribution in [0.25, 0.3) is 22.8 Å². The number of nitrogen functional groups attached to an aromatic ring is 1. The standard InChI is InChI=1S/C14H9F2N3O/c15-10-6-9(12(17)7-11(10)16)14-18-13(19-20-14)8-4-2-1-3-5-8/h1-7H,17H2. The normalized spacial score (nSPS) is 10.7. The average molecular weight is 273 g/mol. The van der Waals surface area contributed by atoms with Crippen molar-refractivity contribution in [2.24, 2.45) is 0 Å². The minimum Gasteiger partial charge on any atom is -0.398 e. The van der Waals surface area contributed by atoms with Crippen LogP contribution in [0.4, 0.5) is 14.5 Å². The second-order valence-corrected chi connectivity index (χ2v) is 4.14. The van der Waals surface area contributed by atoms with Crippen molar-refractivity contribution in [2.45, 2.75) is 0 Å². The van der Waals surface area contributed by atoms with E-state index in [2.05, 4.69) is 10.1 Å². The molecule has 0 saturated carbocycles. The van der Waals surface area contributed by atoms with Crippen molar-refractivity contribution < 1.29 is 13.3 Å². The summed E-state index contributed by atoms with van der Waals surface area (Å²) in [6.45, 7) is 0. The lowest BCUT2D eigenvalue weighted by atomic mass is 10.1. The Kier molecular flexibility index (Phi) is 2.90. The summed E-state index contributed by atoms with van der Waals surface area (Å²) in [5.41, 5.74) is 6.59. The number of rotatable bonds is 2. The number of nitrogens with two attached hydrogens (primary N) is 1. The Balaban J connectivity index is 2.05. The van der Waals surface area contributed by atoms with Crippen molar-refractivity contribution in [3.63, 3.8) is 0 Å². The first-order valence-corrected chi connectivity index (χ1v) is 5.79. The van der Waals surface area contributed by atoms with Crippen molar-refractivity contribution in [1.82, 2.24) is 10.1 Å². The Morgan fingerprint density at radius 3 is 2.45 bits per heavy atom. The van der Waals surface area contributed by atoms with Gasteiger partial charge in [0.2, 0.25) is 5.82 Å². The highest BCUT2D eigenvalue weighted by Crippen LogP contribution is 2.28. The monoisotopic (exact) mass is 273 g/mol. The third kappa shape index (κ3) is 2.11. The van der Waals surface area contributed by atoms with Gasteiger partial charge >= 0.3 is 0 Å². The first-order chi connectivity index (χ1) is 9.65. The maximum atomic E-state index is 13.3. The van der Waals surface area contributed by atoms with E-state index < -0.39 is 11.6 Å². The van der Waals surface area contributed by atoms with Gasteiger partial charge in [-0.05, 0) is 6.07 Å². The van der Waals surface area contributed by atoms with E-state index in [0.29, 0.717) is 5.82 Å². The number of anilines is 1. The molecule has 0 unspecified atom stereocenters. The van der Waals surface area contributed by atoms with Crippen LogP contribution in [0.1, 0.15) is 0 Å². The van der Waals surface area contributed by atoms with Gasteiger partial charge in [0.1, 0.15) is 0 Å². The van der Waals surface area contributed by atoms with Gasteiger partial charge in [-0.15, -0.1) is 0 Å². The largest absolute Gasteiger partial charge is 0.398 e. The van der Waals surface area contributed by atoms with E-state index in [1.54, 1.807) is 0 Å². The van der Waals surface area contributed by atoms with E-state index in [1.807, 2.05) is 30.3 Å². The highest BCUT2D eigenvalue weighted by Gasteiger charge is 2.16. The second-order valence-electron chi connectivity index (χ2n) is 4.14. The Labute approximate surface area is 112 Å². The van der Waals surface area contributed by atoms with Crippen LogP contribution in [-0.4, -0.2) is 10.1 Å². The highest BCUT2D eigenvalue weighted by molar-refractivity contribution is 5.71. The Bertz CT molecular complexity index is 756. The minimum atomic E-state index is -1.02. The van der Waals surface area contributed by atoms with Crippen molar-refractivity contribution in [2.75, 3.05) is 5.73 Å². The summed E-state index contributed by atoms with van der Waals surface area (Å²) in [6.07, 6.45) is 0. The maximum Gasteiger partial charge on any atom is 0.260 e. The third-order valence-corrected chi connectivity index (χ3v) is 2.78. The third-order valence-electron chi connectivity index (χ3n) is 2.78. The molecule has 1 heterocycles. The van der Waals surface area contributed by atoms with Gasteiger partial charge in [0.15, 0.2) is 11.6 Å². The topological polar surface area (TPSA) is 64.9 Å². The number of hydrogen-bond acceptors (Lipinski definition) is 4. The Morgan fingerprint density at radius 1 is 1.00 bits per heavy atom. The van der Waals surface area contributed by atoms with Crippen LogP contribution in [0.15, 0.2) is 47.0 Å². The molecule has 2 N–H and O–H groups in total. The summed E-state index contributed by atoms with van der Waals surface area (Å²) in [5.74, 6) is -1.65. The Morgan fingerprint density at radius 2 is 1.70 bits per heavy atom. The first kappa shape index (κ1) is 12.3. The summed E-state index contributed by atoms with van der Waals surface area (Å²) in [6, 6.07) is 11.0. The molecule has 0 bridgehead atoms. The maximum absolute atomic E-state index is 13.3. The highest BCUT2D eigenvalue weighted by atomic mass is 19.2. The van der Waals surface area contributed by atoms with Crippen LogP contribution in [0, 0.1) is 11.6 Å². The minimum absolute atomic E-state index is 0.0344. The lowest BCUT2D eigenvalue weighted by Crippen LogP contribution is -1.94. The zero-order chi connectivity index (χ0) is 14.1. The fourth-order valence-corrected chi connectivity index (χ4v) is 1.78. The van der Waals surface area contributed by atoms with Gasteiger partial charge in [0.05, 0.1) is 5.56 Å². The number of benzene rings is 2. The molecule has 0 aliphatic rings. The van der Waals surface area contributed by atoms with Gasteiger partial charge in [-0.1, -0.05) is 35.5 Å². The van der Waals surface area contributed by atoms with Crippen LogP contribution in [0.2, 0.25) is 0 Å². The summed E-state index contributed by atoms with van der Waals surface area (Å²) < 4.78 is 31.3. The fourth-order valence-electron chi connectivity index (χ4n) is 1.78. The predicted octanol–water partition coefficient (Wildman–Crippen LogP) is 3.26.